The van der Waals surface area contributed by atoms with Crippen molar-refractivity contribution in [2.75, 3.05) is 0 Å². The average molecular weight is 222 g/mol. The summed E-state index contributed by atoms with van der Waals surface area (Å²) >= 11 is 1.06. The first-order valence-corrected chi connectivity index (χ1v) is 4.83. The molecule has 2 rings (SSSR count). The minimum absolute atomic E-state index is 0.00613. The minimum Gasteiger partial charge on any atom is -0.476 e. The summed E-state index contributed by atoms with van der Waals surface area (Å²) in [6, 6.07) is 4.68. The first-order chi connectivity index (χ1) is 7.08. The van der Waals surface area contributed by atoms with Crippen LogP contribution in [0.15, 0.2) is 18.2 Å². The lowest BCUT2D eigenvalue weighted by molar-refractivity contribution is 0.0696. The molecule has 6 heteroatoms. The number of carbonyl (C=O) groups is 2. The smallest absolute Gasteiger partial charge is 0.365 e. The van der Waals surface area contributed by atoms with E-state index in [1.54, 1.807) is 12.1 Å². The Morgan fingerprint density at radius 3 is 2.73 bits per heavy atom. The Morgan fingerprint density at radius 1 is 1.40 bits per heavy atom. The van der Waals surface area contributed by atoms with Crippen LogP contribution in [0, 0.1) is 0 Å². The molecule has 0 atom stereocenters. The predicted molar refractivity (Wildman–Crippen MR) is 55.1 cm³/mol. The molecule has 0 saturated carbocycles. The second-order valence-electron chi connectivity index (χ2n) is 2.87. The predicted octanol–water partition coefficient (Wildman–Crippen LogP) is 1.09. The molecule has 0 unspecified atom stereocenters. The number of nitrogens with two attached hydrogens (primary N) is 1. The first-order valence-electron chi connectivity index (χ1n) is 4.01. The molecule has 76 valence electrons. The highest BCUT2D eigenvalue weighted by Gasteiger charge is 2.11. The van der Waals surface area contributed by atoms with E-state index in [4.69, 9.17) is 10.8 Å². The van der Waals surface area contributed by atoms with Gasteiger partial charge < -0.3 is 10.8 Å². The summed E-state index contributed by atoms with van der Waals surface area (Å²) in [7, 11) is 0. The minimum atomic E-state index is -1.07. The van der Waals surface area contributed by atoms with Crippen molar-refractivity contribution < 1.29 is 14.7 Å². The highest BCUT2D eigenvalue weighted by Crippen LogP contribution is 2.22. The van der Waals surface area contributed by atoms with Gasteiger partial charge >= 0.3 is 5.97 Å². The lowest BCUT2D eigenvalue weighted by atomic mass is 10.2. The van der Waals surface area contributed by atoms with Gasteiger partial charge in [0.25, 0.3) is 0 Å². The summed E-state index contributed by atoms with van der Waals surface area (Å²) < 4.78 is 0.720. The molecule has 0 aliphatic rings. The van der Waals surface area contributed by atoms with Gasteiger partial charge in [0.1, 0.15) is 0 Å². The van der Waals surface area contributed by atoms with Crippen molar-refractivity contribution in [1.82, 2.24) is 4.98 Å². The van der Waals surface area contributed by atoms with E-state index in [9.17, 15) is 9.59 Å². The highest BCUT2D eigenvalue weighted by molar-refractivity contribution is 7.20. The molecule has 2 aromatic rings. The number of carboxylic acids is 1. The third kappa shape index (κ3) is 1.66. The molecule has 5 nitrogen and oxygen atoms in total. The molecule has 0 aliphatic carbocycles. The van der Waals surface area contributed by atoms with E-state index in [0.29, 0.717) is 11.1 Å². The van der Waals surface area contributed by atoms with Crippen LogP contribution in [0.4, 0.5) is 0 Å². The zero-order chi connectivity index (χ0) is 11.0. The second-order valence-corrected chi connectivity index (χ2v) is 3.90. The Balaban J connectivity index is 2.62. The Bertz CT molecular complexity index is 549. The number of primary amides is 1. The van der Waals surface area contributed by atoms with Gasteiger partial charge in [-0.15, -0.1) is 11.3 Å². The van der Waals surface area contributed by atoms with Gasteiger partial charge in [0.05, 0.1) is 10.2 Å². The van der Waals surface area contributed by atoms with Gasteiger partial charge in [0, 0.05) is 5.56 Å². The fraction of sp³-hybridized carbons (Fsp3) is 0. The van der Waals surface area contributed by atoms with Crippen LogP contribution in [0.3, 0.4) is 0 Å². The Kier molecular flexibility index (Phi) is 2.12. The number of benzene rings is 1. The van der Waals surface area contributed by atoms with Crippen molar-refractivity contribution in [2.24, 2.45) is 5.73 Å². The van der Waals surface area contributed by atoms with Crippen LogP contribution in [-0.2, 0) is 0 Å². The molecule has 0 fully saturated rings. The molecule has 1 aromatic carbocycles. The van der Waals surface area contributed by atoms with Crippen molar-refractivity contribution in [3.63, 3.8) is 0 Å². The van der Waals surface area contributed by atoms with Crippen LogP contribution >= 0.6 is 11.3 Å². The number of hydrogen-bond acceptors (Lipinski definition) is 4. The molecular formula is C9H6N2O3S. The molecule has 15 heavy (non-hydrogen) atoms. The Morgan fingerprint density at radius 2 is 2.13 bits per heavy atom. The summed E-state index contributed by atoms with van der Waals surface area (Å²) in [5, 5.41) is 8.73. The number of aromatic nitrogens is 1. The van der Waals surface area contributed by atoms with E-state index in [1.165, 1.54) is 6.07 Å². The van der Waals surface area contributed by atoms with E-state index in [0.717, 1.165) is 16.0 Å². The van der Waals surface area contributed by atoms with Crippen molar-refractivity contribution in [3.05, 3.63) is 28.8 Å². The second kappa shape index (κ2) is 3.32. The maximum absolute atomic E-state index is 10.9. The number of carbonyl (C=O) groups excluding carboxylic acids is 1. The SMILES string of the molecule is NC(=O)c1ccc2sc(C(=O)O)nc2c1. The maximum atomic E-state index is 10.9. The third-order valence-corrected chi connectivity index (χ3v) is 2.88. The van der Waals surface area contributed by atoms with Gasteiger partial charge in [-0.2, -0.15) is 0 Å². The molecule has 3 N–H and O–H groups in total. The molecule has 0 spiro atoms. The van der Waals surface area contributed by atoms with Crippen LogP contribution < -0.4 is 5.73 Å². The van der Waals surface area contributed by atoms with Gasteiger partial charge in [0.15, 0.2) is 0 Å². The molecule has 0 radical (unpaired) electrons. The van der Waals surface area contributed by atoms with Crippen LogP contribution in [0.25, 0.3) is 10.2 Å². The molecular weight excluding hydrogens is 216 g/mol. The molecule has 1 aromatic heterocycles. The van der Waals surface area contributed by atoms with Gasteiger partial charge in [-0.05, 0) is 18.2 Å². The zero-order valence-corrected chi connectivity index (χ0v) is 8.25. The van der Waals surface area contributed by atoms with Crippen molar-refractivity contribution in [2.45, 2.75) is 0 Å². The topological polar surface area (TPSA) is 93.3 Å². The quantitative estimate of drug-likeness (QED) is 0.795. The van der Waals surface area contributed by atoms with Gasteiger partial charge in [-0.25, -0.2) is 9.78 Å². The standard InChI is InChI=1S/C9H6N2O3S/c10-7(12)4-1-2-6-5(3-4)11-8(15-6)9(13)14/h1-3H,(H2,10,12)(H,13,14). The molecule has 0 saturated heterocycles. The number of fused-ring (bicyclic) bond motifs is 1. The monoisotopic (exact) mass is 222 g/mol. The number of hydrogen-bond donors (Lipinski definition) is 2. The fourth-order valence-electron chi connectivity index (χ4n) is 1.17. The Hall–Kier alpha value is -1.95. The van der Waals surface area contributed by atoms with E-state index in [1.807, 2.05) is 0 Å². The average Bonchev–Trinajstić information content (AvgIpc) is 2.59. The largest absolute Gasteiger partial charge is 0.476 e. The van der Waals surface area contributed by atoms with E-state index < -0.39 is 11.9 Å². The third-order valence-electron chi connectivity index (χ3n) is 1.86. The normalized spacial score (nSPS) is 10.4. The number of nitrogens with zero attached hydrogens (tertiary/aromatic N) is 1. The summed E-state index contributed by atoms with van der Waals surface area (Å²) in [6.07, 6.45) is 0. The van der Waals surface area contributed by atoms with Crippen LogP contribution in [0.1, 0.15) is 20.2 Å². The summed E-state index contributed by atoms with van der Waals surface area (Å²) in [5.74, 6) is -1.63. The van der Waals surface area contributed by atoms with Crippen molar-refractivity contribution in [1.29, 1.82) is 0 Å². The number of rotatable bonds is 2. The number of thiazole rings is 1. The molecule has 0 bridgehead atoms. The summed E-state index contributed by atoms with van der Waals surface area (Å²) in [4.78, 5) is 25.4. The van der Waals surface area contributed by atoms with Gasteiger partial charge in [0.2, 0.25) is 10.9 Å². The molecule has 1 heterocycles. The molecule has 0 aliphatic heterocycles. The van der Waals surface area contributed by atoms with Crippen molar-refractivity contribution in [3.8, 4) is 0 Å². The number of carboxylic acid groups (broad SMARTS) is 1. The van der Waals surface area contributed by atoms with E-state index >= 15 is 0 Å². The van der Waals surface area contributed by atoms with Gasteiger partial charge in [-0.1, -0.05) is 0 Å². The van der Waals surface area contributed by atoms with Crippen LogP contribution in [0.2, 0.25) is 0 Å². The van der Waals surface area contributed by atoms with E-state index in [-0.39, 0.29) is 5.01 Å². The summed E-state index contributed by atoms with van der Waals surface area (Å²) in [6.45, 7) is 0. The molecule has 1 amide bonds. The van der Waals surface area contributed by atoms with E-state index in [2.05, 4.69) is 4.98 Å². The van der Waals surface area contributed by atoms with Crippen molar-refractivity contribution >= 4 is 33.4 Å². The number of aromatic carboxylic acids is 1. The van der Waals surface area contributed by atoms with Crippen LogP contribution in [-0.4, -0.2) is 22.0 Å². The lowest BCUT2D eigenvalue weighted by Crippen LogP contribution is -2.10. The van der Waals surface area contributed by atoms with Gasteiger partial charge in [-0.3, -0.25) is 4.79 Å². The zero-order valence-electron chi connectivity index (χ0n) is 7.43. The first kappa shape index (κ1) is 9.60. The number of amides is 1. The lowest BCUT2D eigenvalue weighted by Gasteiger charge is -1.92. The summed E-state index contributed by atoms with van der Waals surface area (Å²) in [5.41, 5.74) is 5.90. The van der Waals surface area contributed by atoms with Crippen LogP contribution in [0.5, 0.6) is 0 Å². The highest BCUT2D eigenvalue weighted by atomic mass is 32.1. The Labute approximate surface area is 88.2 Å². The maximum Gasteiger partial charge on any atom is 0.365 e. The fourth-order valence-corrected chi connectivity index (χ4v) is 1.96.